The summed E-state index contributed by atoms with van der Waals surface area (Å²) >= 11 is 1.58. The molecule has 20 heavy (non-hydrogen) atoms. The van der Waals surface area contributed by atoms with Crippen LogP contribution in [0.25, 0.3) is 0 Å². The lowest BCUT2D eigenvalue weighted by Gasteiger charge is -2.12. The highest BCUT2D eigenvalue weighted by molar-refractivity contribution is 7.99. The molecule has 0 fully saturated rings. The Bertz CT molecular complexity index is 540. The fraction of sp³-hybridized carbons (Fsp3) is 0.250. The second-order valence-corrected chi connectivity index (χ2v) is 5.50. The molecule has 0 heterocycles. The highest BCUT2D eigenvalue weighted by Crippen LogP contribution is 2.26. The van der Waals surface area contributed by atoms with E-state index in [4.69, 9.17) is 9.84 Å². The molecule has 0 amide bonds. The summed E-state index contributed by atoms with van der Waals surface area (Å²) in [4.78, 5) is 1.07. The van der Waals surface area contributed by atoms with E-state index < -0.39 is 6.10 Å². The predicted molar refractivity (Wildman–Crippen MR) is 81.0 cm³/mol. The molecule has 4 heteroatoms. The van der Waals surface area contributed by atoms with Crippen molar-refractivity contribution < 1.29 is 14.9 Å². The van der Waals surface area contributed by atoms with Gasteiger partial charge < -0.3 is 14.9 Å². The second-order valence-electron chi connectivity index (χ2n) is 4.41. The van der Waals surface area contributed by atoms with Crippen molar-refractivity contribution in [2.75, 3.05) is 12.9 Å². The smallest absolute Gasteiger partial charge is 0.119 e. The molecule has 1 atom stereocenters. The summed E-state index contributed by atoms with van der Waals surface area (Å²) in [6.07, 6.45) is -0.535. The molecule has 3 nitrogen and oxygen atoms in total. The number of ether oxygens (including phenoxy) is 1. The Morgan fingerprint density at radius 1 is 1.15 bits per heavy atom. The van der Waals surface area contributed by atoms with Crippen LogP contribution in [0.5, 0.6) is 5.75 Å². The lowest BCUT2D eigenvalue weighted by molar-refractivity contribution is 0.203. The summed E-state index contributed by atoms with van der Waals surface area (Å²) in [7, 11) is 1.61. The maximum Gasteiger partial charge on any atom is 0.119 e. The molecule has 2 aromatic rings. The summed E-state index contributed by atoms with van der Waals surface area (Å²) in [5.74, 6) is 1.32. The minimum absolute atomic E-state index is 0.0530. The minimum Gasteiger partial charge on any atom is -0.497 e. The van der Waals surface area contributed by atoms with Crippen LogP contribution in [0.3, 0.4) is 0 Å². The Morgan fingerprint density at radius 3 is 2.55 bits per heavy atom. The Hall–Kier alpha value is -1.49. The number of rotatable bonds is 6. The van der Waals surface area contributed by atoms with Gasteiger partial charge in [0.1, 0.15) is 5.75 Å². The van der Waals surface area contributed by atoms with Crippen molar-refractivity contribution in [1.82, 2.24) is 0 Å². The Morgan fingerprint density at radius 2 is 1.90 bits per heavy atom. The zero-order valence-electron chi connectivity index (χ0n) is 11.3. The number of benzene rings is 2. The van der Waals surface area contributed by atoms with Crippen molar-refractivity contribution in [2.45, 2.75) is 17.6 Å². The maximum absolute atomic E-state index is 10.2. The first-order chi connectivity index (χ1) is 9.72. The van der Waals surface area contributed by atoms with Crippen molar-refractivity contribution in [3.63, 3.8) is 0 Å². The van der Waals surface area contributed by atoms with Gasteiger partial charge in [-0.25, -0.2) is 0 Å². The van der Waals surface area contributed by atoms with Crippen LogP contribution in [0.4, 0.5) is 0 Å². The molecule has 0 saturated heterocycles. The van der Waals surface area contributed by atoms with Gasteiger partial charge in [0.05, 0.1) is 19.8 Å². The number of methoxy groups -OCH3 is 1. The molecule has 0 radical (unpaired) electrons. The van der Waals surface area contributed by atoms with E-state index in [1.54, 1.807) is 18.9 Å². The topological polar surface area (TPSA) is 49.7 Å². The van der Waals surface area contributed by atoms with Crippen molar-refractivity contribution in [3.8, 4) is 5.75 Å². The van der Waals surface area contributed by atoms with Crippen LogP contribution in [-0.4, -0.2) is 23.1 Å². The lowest BCUT2D eigenvalue weighted by atomic mass is 10.1. The summed E-state index contributed by atoms with van der Waals surface area (Å²) < 4.78 is 5.15. The largest absolute Gasteiger partial charge is 0.497 e. The van der Waals surface area contributed by atoms with Crippen LogP contribution in [0, 0.1) is 0 Å². The van der Waals surface area contributed by atoms with E-state index in [9.17, 15) is 5.11 Å². The van der Waals surface area contributed by atoms with Crippen LogP contribution in [0.15, 0.2) is 53.4 Å². The highest BCUT2D eigenvalue weighted by atomic mass is 32.2. The fourth-order valence-corrected chi connectivity index (χ4v) is 2.68. The molecule has 0 aromatic heterocycles. The van der Waals surface area contributed by atoms with E-state index in [-0.39, 0.29) is 6.61 Å². The van der Waals surface area contributed by atoms with Gasteiger partial charge in [0.2, 0.25) is 0 Å². The molecule has 0 bridgehead atoms. The summed E-state index contributed by atoms with van der Waals surface area (Å²) in [6, 6.07) is 15.2. The standard InChI is InChI=1S/C16H18O3S/c1-19-14-4-2-3-13(9-14)16(18)11-20-15-7-5-12(10-17)6-8-15/h2-9,16-18H,10-11H2,1H3. The van der Waals surface area contributed by atoms with Crippen LogP contribution in [0.1, 0.15) is 17.2 Å². The number of aliphatic hydroxyl groups excluding tert-OH is 2. The maximum atomic E-state index is 10.2. The predicted octanol–water partition coefficient (Wildman–Crippen LogP) is 3.01. The summed E-state index contributed by atoms with van der Waals surface area (Å²) in [5.41, 5.74) is 1.74. The second kappa shape index (κ2) is 7.33. The number of hydrogen-bond donors (Lipinski definition) is 2. The monoisotopic (exact) mass is 290 g/mol. The SMILES string of the molecule is COc1cccc(C(O)CSc2ccc(CO)cc2)c1. The zero-order chi connectivity index (χ0) is 14.4. The van der Waals surface area contributed by atoms with E-state index in [0.29, 0.717) is 5.75 Å². The third-order valence-corrected chi connectivity index (χ3v) is 4.08. The molecule has 2 aromatic carbocycles. The summed E-state index contributed by atoms with van der Waals surface area (Å²) in [5, 5.41) is 19.2. The van der Waals surface area contributed by atoms with E-state index in [1.165, 1.54) is 0 Å². The van der Waals surface area contributed by atoms with Gasteiger partial charge in [-0.05, 0) is 35.4 Å². The van der Waals surface area contributed by atoms with E-state index in [2.05, 4.69) is 0 Å². The zero-order valence-corrected chi connectivity index (χ0v) is 12.1. The Kier molecular flexibility index (Phi) is 5.47. The van der Waals surface area contributed by atoms with Gasteiger partial charge in [-0.3, -0.25) is 0 Å². The van der Waals surface area contributed by atoms with Crippen LogP contribution in [-0.2, 0) is 6.61 Å². The van der Waals surface area contributed by atoms with E-state index in [0.717, 1.165) is 21.8 Å². The quantitative estimate of drug-likeness (QED) is 0.803. The molecule has 0 aliphatic carbocycles. The molecule has 1 unspecified atom stereocenters. The molecule has 0 aliphatic heterocycles. The third kappa shape index (κ3) is 4.00. The van der Waals surface area contributed by atoms with Gasteiger partial charge in [-0.2, -0.15) is 0 Å². The van der Waals surface area contributed by atoms with Crippen molar-refractivity contribution in [3.05, 3.63) is 59.7 Å². The molecule has 0 saturated carbocycles. The van der Waals surface area contributed by atoms with Crippen molar-refractivity contribution in [2.24, 2.45) is 0 Å². The van der Waals surface area contributed by atoms with E-state index >= 15 is 0 Å². The first-order valence-corrected chi connectivity index (χ1v) is 7.36. The summed E-state index contributed by atoms with van der Waals surface area (Å²) in [6.45, 7) is 0.0530. The Balaban J connectivity index is 1.95. The number of hydrogen-bond acceptors (Lipinski definition) is 4. The molecular weight excluding hydrogens is 272 g/mol. The van der Waals surface area contributed by atoms with Gasteiger partial charge in [0.15, 0.2) is 0 Å². The van der Waals surface area contributed by atoms with Gasteiger partial charge in [-0.1, -0.05) is 24.3 Å². The number of thioether (sulfide) groups is 1. The van der Waals surface area contributed by atoms with Crippen molar-refractivity contribution in [1.29, 1.82) is 0 Å². The fourth-order valence-electron chi connectivity index (χ4n) is 1.81. The van der Waals surface area contributed by atoms with Crippen LogP contribution >= 0.6 is 11.8 Å². The van der Waals surface area contributed by atoms with Gasteiger partial charge >= 0.3 is 0 Å². The average Bonchev–Trinajstić information content (AvgIpc) is 2.53. The molecule has 0 aliphatic rings. The molecule has 106 valence electrons. The van der Waals surface area contributed by atoms with Crippen LogP contribution in [0.2, 0.25) is 0 Å². The van der Waals surface area contributed by atoms with Gasteiger partial charge in [0.25, 0.3) is 0 Å². The average molecular weight is 290 g/mol. The first-order valence-electron chi connectivity index (χ1n) is 6.37. The van der Waals surface area contributed by atoms with Crippen molar-refractivity contribution >= 4 is 11.8 Å². The molecular formula is C16H18O3S. The molecule has 2 rings (SSSR count). The van der Waals surface area contributed by atoms with Crippen LogP contribution < -0.4 is 4.74 Å². The Labute approximate surface area is 123 Å². The normalized spacial score (nSPS) is 12.2. The van der Waals surface area contributed by atoms with Gasteiger partial charge in [-0.15, -0.1) is 11.8 Å². The van der Waals surface area contributed by atoms with Gasteiger partial charge in [0, 0.05) is 10.6 Å². The number of aliphatic hydroxyl groups is 2. The lowest BCUT2D eigenvalue weighted by Crippen LogP contribution is -2.00. The third-order valence-electron chi connectivity index (χ3n) is 2.99. The molecule has 0 spiro atoms. The highest BCUT2D eigenvalue weighted by Gasteiger charge is 2.09. The first kappa shape index (κ1) is 14.9. The minimum atomic E-state index is -0.535. The molecule has 2 N–H and O–H groups in total. The van der Waals surface area contributed by atoms with E-state index in [1.807, 2.05) is 48.5 Å².